The fourth-order valence-electron chi connectivity index (χ4n) is 3.02. The summed E-state index contributed by atoms with van der Waals surface area (Å²) in [7, 11) is 0. The number of aromatic nitrogens is 2. The van der Waals surface area contributed by atoms with Crippen molar-refractivity contribution in [3.05, 3.63) is 47.2 Å². The van der Waals surface area contributed by atoms with Gasteiger partial charge in [-0.15, -0.1) is 0 Å². The molecule has 1 fully saturated rings. The SMILES string of the molecule is Cc1cc(N2CCCC2)nc(NCCNC(=O)Cc2ccc(F)cc2F)n1. The summed E-state index contributed by atoms with van der Waals surface area (Å²) >= 11 is 0. The minimum atomic E-state index is -0.717. The highest BCUT2D eigenvalue weighted by Crippen LogP contribution is 2.19. The average molecular weight is 375 g/mol. The number of anilines is 2. The van der Waals surface area contributed by atoms with Crippen molar-refractivity contribution in [3.63, 3.8) is 0 Å². The van der Waals surface area contributed by atoms with E-state index in [1.165, 1.54) is 18.9 Å². The van der Waals surface area contributed by atoms with Crippen LogP contribution in [0.25, 0.3) is 0 Å². The van der Waals surface area contributed by atoms with E-state index in [4.69, 9.17) is 0 Å². The molecule has 1 aromatic carbocycles. The number of halogens is 2. The number of carbonyl (C=O) groups excluding carboxylic acids is 1. The van der Waals surface area contributed by atoms with Crippen LogP contribution in [-0.2, 0) is 11.2 Å². The smallest absolute Gasteiger partial charge is 0.224 e. The topological polar surface area (TPSA) is 70.2 Å². The van der Waals surface area contributed by atoms with Crippen molar-refractivity contribution in [1.29, 1.82) is 0 Å². The lowest BCUT2D eigenvalue weighted by atomic mass is 10.1. The fourth-order valence-corrected chi connectivity index (χ4v) is 3.02. The highest BCUT2D eigenvalue weighted by Gasteiger charge is 2.15. The third kappa shape index (κ3) is 5.35. The molecule has 2 N–H and O–H groups in total. The largest absolute Gasteiger partial charge is 0.356 e. The zero-order valence-corrected chi connectivity index (χ0v) is 15.3. The van der Waals surface area contributed by atoms with Crippen LogP contribution in [0.4, 0.5) is 20.5 Å². The van der Waals surface area contributed by atoms with Crippen LogP contribution < -0.4 is 15.5 Å². The second kappa shape index (κ2) is 8.75. The molecular weight excluding hydrogens is 352 g/mol. The van der Waals surface area contributed by atoms with E-state index < -0.39 is 11.6 Å². The van der Waals surface area contributed by atoms with Gasteiger partial charge in [0.1, 0.15) is 17.5 Å². The lowest BCUT2D eigenvalue weighted by Gasteiger charge is -2.17. The molecule has 1 aliphatic heterocycles. The Hall–Kier alpha value is -2.77. The van der Waals surface area contributed by atoms with E-state index in [1.807, 2.05) is 13.0 Å². The van der Waals surface area contributed by atoms with Crippen LogP contribution in [0.2, 0.25) is 0 Å². The first-order chi connectivity index (χ1) is 13.0. The van der Waals surface area contributed by atoms with Crippen LogP contribution >= 0.6 is 0 Å². The van der Waals surface area contributed by atoms with E-state index >= 15 is 0 Å². The molecule has 0 saturated carbocycles. The monoisotopic (exact) mass is 375 g/mol. The van der Waals surface area contributed by atoms with Crippen molar-refractivity contribution in [2.45, 2.75) is 26.2 Å². The maximum Gasteiger partial charge on any atom is 0.224 e. The highest BCUT2D eigenvalue weighted by molar-refractivity contribution is 5.78. The number of benzene rings is 1. The van der Waals surface area contributed by atoms with Crippen LogP contribution in [0, 0.1) is 18.6 Å². The Morgan fingerprint density at radius 3 is 2.67 bits per heavy atom. The fraction of sp³-hybridized carbons (Fsp3) is 0.421. The number of nitrogens with zero attached hydrogens (tertiary/aromatic N) is 3. The van der Waals surface area contributed by atoms with Crippen LogP contribution in [-0.4, -0.2) is 42.1 Å². The first-order valence-corrected chi connectivity index (χ1v) is 9.06. The number of carbonyl (C=O) groups is 1. The van der Waals surface area contributed by atoms with Crippen molar-refractivity contribution in [2.75, 3.05) is 36.4 Å². The van der Waals surface area contributed by atoms with Gasteiger partial charge in [0.15, 0.2) is 0 Å². The van der Waals surface area contributed by atoms with Gasteiger partial charge in [-0.2, -0.15) is 4.98 Å². The van der Waals surface area contributed by atoms with Gasteiger partial charge in [0.2, 0.25) is 11.9 Å². The second-order valence-electron chi connectivity index (χ2n) is 6.57. The van der Waals surface area contributed by atoms with Crippen molar-refractivity contribution < 1.29 is 13.6 Å². The van der Waals surface area contributed by atoms with Gasteiger partial charge in [0.25, 0.3) is 0 Å². The van der Waals surface area contributed by atoms with E-state index in [0.29, 0.717) is 19.0 Å². The molecule has 1 aliphatic rings. The molecule has 2 heterocycles. The number of amides is 1. The summed E-state index contributed by atoms with van der Waals surface area (Å²) in [5.74, 6) is -0.266. The predicted octanol–water partition coefficient (Wildman–Crippen LogP) is 2.43. The summed E-state index contributed by atoms with van der Waals surface area (Å²) in [5, 5.41) is 5.80. The summed E-state index contributed by atoms with van der Waals surface area (Å²) in [6.45, 7) is 4.72. The molecule has 2 aromatic rings. The van der Waals surface area contributed by atoms with Gasteiger partial charge in [-0.3, -0.25) is 4.79 Å². The Morgan fingerprint density at radius 2 is 1.93 bits per heavy atom. The van der Waals surface area contributed by atoms with Gasteiger partial charge in [-0.1, -0.05) is 6.07 Å². The van der Waals surface area contributed by atoms with Gasteiger partial charge in [0.05, 0.1) is 6.42 Å². The number of hydrogen-bond acceptors (Lipinski definition) is 5. The van der Waals surface area contributed by atoms with Crippen molar-refractivity contribution in [1.82, 2.24) is 15.3 Å². The molecule has 1 amide bonds. The molecule has 0 radical (unpaired) electrons. The van der Waals surface area contributed by atoms with Crippen LogP contribution in [0.1, 0.15) is 24.1 Å². The van der Waals surface area contributed by atoms with Gasteiger partial charge in [-0.05, 0) is 31.4 Å². The van der Waals surface area contributed by atoms with Gasteiger partial charge in [0, 0.05) is 44.0 Å². The molecule has 1 saturated heterocycles. The molecule has 27 heavy (non-hydrogen) atoms. The number of aryl methyl sites for hydroxylation is 1. The molecule has 144 valence electrons. The molecule has 0 atom stereocenters. The van der Waals surface area contributed by atoms with Gasteiger partial charge < -0.3 is 15.5 Å². The van der Waals surface area contributed by atoms with E-state index in [0.717, 1.165) is 36.7 Å². The molecular formula is C19H23F2N5O. The summed E-state index contributed by atoms with van der Waals surface area (Å²) in [6, 6.07) is 5.16. The number of rotatable bonds is 7. The summed E-state index contributed by atoms with van der Waals surface area (Å²) in [5.41, 5.74) is 1.05. The molecule has 3 rings (SSSR count). The molecule has 8 heteroatoms. The van der Waals surface area contributed by atoms with Crippen molar-refractivity contribution in [3.8, 4) is 0 Å². The first-order valence-electron chi connectivity index (χ1n) is 9.06. The molecule has 1 aromatic heterocycles. The first kappa shape index (κ1) is 19.0. The van der Waals surface area contributed by atoms with Crippen molar-refractivity contribution in [2.24, 2.45) is 0 Å². The summed E-state index contributed by atoms with van der Waals surface area (Å²) < 4.78 is 26.5. The third-order valence-corrected chi connectivity index (χ3v) is 4.37. The number of nitrogens with one attached hydrogen (secondary N) is 2. The highest BCUT2D eigenvalue weighted by atomic mass is 19.1. The molecule has 0 bridgehead atoms. The molecule has 6 nitrogen and oxygen atoms in total. The van der Waals surface area contributed by atoms with E-state index in [1.54, 1.807) is 0 Å². The lowest BCUT2D eigenvalue weighted by Crippen LogP contribution is -2.30. The normalized spacial score (nSPS) is 13.7. The molecule has 0 aliphatic carbocycles. The van der Waals surface area contributed by atoms with Crippen LogP contribution in [0.3, 0.4) is 0 Å². The average Bonchev–Trinajstić information content (AvgIpc) is 3.15. The Labute approximate surface area is 157 Å². The standard InChI is InChI=1S/C19H23F2N5O/c1-13-10-17(26-8-2-3-9-26)25-19(24-13)23-7-6-22-18(27)11-14-4-5-15(20)12-16(14)21/h4-5,10,12H,2-3,6-9,11H2,1H3,(H,22,27)(H,23,24,25). The van der Waals surface area contributed by atoms with Crippen LogP contribution in [0.5, 0.6) is 0 Å². The van der Waals surface area contributed by atoms with Crippen LogP contribution in [0.15, 0.2) is 24.3 Å². The Bertz CT molecular complexity index is 809. The predicted molar refractivity (Wildman–Crippen MR) is 99.8 cm³/mol. The van der Waals surface area contributed by atoms with Crippen molar-refractivity contribution >= 4 is 17.7 Å². The summed E-state index contributed by atoms with van der Waals surface area (Å²) in [4.78, 5) is 23.0. The van der Waals surface area contributed by atoms with E-state index in [-0.39, 0.29) is 17.9 Å². The minimum absolute atomic E-state index is 0.133. The maximum atomic E-state index is 13.6. The van der Waals surface area contributed by atoms with Gasteiger partial charge in [-0.25, -0.2) is 13.8 Å². The van der Waals surface area contributed by atoms with E-state index in [9.17, 15) is 13.6 Å². The zero-order chi connectivity index (χ0) is 19.2. The molecule has 0 spiro atoms. The lowest BCUT2D eigenvalue weighted by molar-refractivity contribution is -0.120. The molecule has 0 unspecified atom stereocenters. The second-order valence-corrected chi connectivity index (χ2v) is 6.57. The number of hydrogen-bond donors (Lipinski definition) is 2. The van der Waals surface area contributed by atoms with E-state index in [2.05, 4.69) is 25.5 Å². The maximum absolute atomic E-state index is 13.6. The van der Waals surface area contributed by atoms with Gasteiger partial charge >= 0.3 is 0 Å². The zero-order valence-electron chi connectivity index (χ0n) is 15.3. The summed E-state index contributed by atoms with van der Waals surface area (Å²) in [6.07, 6.45) is 2.21. The Morgan fingerprint density at radius 1 is 1.15 bits per heavy atom. The Balaban J connectivity index is 1.46. The Kier molecular flexibility index (Phi) is 6.16. The third-order valence-electron chi connectivity index (χ3n) is 4.37. The quantitative estimate of drug-likeness (QED) is 0.728. The minimum Gasteiger partial charge on any atom is -0.356 e.